The second-order valence-electron chi connectivity index (χ2n) is 5.60. The van der Waals surface area contributed by atoms with Crippen LogP contribution in [0.1, 0.15) is 5.56 Å². The molecule has 12 heteroatoms. The normalized spacial score (nSPS) is 12.0. The van der Waals surface area contributed by atoms with Crippen molar-refractivity contribution in [2.24, 2.45) is 5.14 Å². The van der Waals surface area contributed by atoms with Crippen LogP contribution in [-0.4, -0.2) is 42.1 Å². The fourth-order valence-corrected chi connectivity index (χ4v) is 4.32. The van der Waals surface area contributed by atoms with Gasteiger partial charge in [-0.1, -0.05) is 6.07 Å². The van der Waals surface area contributed by atoms with Crippen molar-refractivity contribution in [3.05, 3.63) is 48.0 Å². The SMILES string of the molecule is COc1ccc(NS(=O)(=O)c2cc(C=CC(=O)O)ccc2OC)cc1S(N)(=O)=O. The molecule has 0 aromatic heterocycles. The molecule has 0 spiro atoms. The van der Waals surface area contributed by atoms with E-state index in [1.807, 2.05) is 0 Å². The molecule has 156 valence electrons. The van der Waals surface area contributed by atoms with Crippen molar-refractivity contribution in [2.75, 3.05) is 18.9 Å². The van der Waals surface area contributed by atoms with Gasteiger partial charge in [0, 0.05) is 6.08 Å². The third-order valence-electron chi connectivity index (χ3n) is 3.62. The molecule has 0 bridgehead atoms. The zero-order valence-electron chi connectivity index (χ0n) is 15.3. The van der Waals surface area contributed by atoms with Crippen molar-refractivity contribution in [3.8, 4) is 11.5 Å². The topological polar surface area (TPSA) is 162 Å². The lowest BCUT2D eigenvalue weighted by Gasteiger charge is -2.14. The van der Waals surface area contributed by atoms with E-state index in [1.54, 1.807) is 0 Å². The monoisotopic (exact) mass is 442 g/mol. The summed E-state index contributed by atoms with van der Waals surface area (Å²) in [5.74, 6) is -1.24. The Labute approximate surface area is 167 Å². The molecule has 0 saturated carbocycles. The maximum absolute atomic E-state index is 12.8. The van der Waals surface area contributed by atoms with Crippen molar-refractivity contribution in [1.82, 2.24) is 0 Å². The first-order valence-electron chi connectivity index (χ1n) is 7.80. The predicted molar refractivity (Wildman–Crippen MR) is 105 cm³/mol. The van der Waals surface area contributed by atoms with Gasteiger partial charge in [0.1, 0.15) is 21.3 Å². The maximum Gasteiger partial charge on any atom is 0.328 e. The van der Waals surface area contributed by atoms with Gasteiger partial charge in [-0.15, -0.1) is 0 Å². The number of ether oxygens (including phenoxy) is 2. The fraction of sp³-hybridized carbons (Fsp3) is 0.118. The second kappa shape index (κ2) is 8.51. The number of benzene rings is 2. The number of hydrogen-bond donors (Lipinski definition) is 3. The highest BCUT2D eigenvalue weighted by molar-refractivity contribution is 7.92. The molecule has 2 aromatic rings. The van der Waals surface area contributed by atoms with Crippen LogP contribution >= 0.6 is 0 Å². The smallest absolute Gasteiger partial charge is 0.328 e. The molecule has 0 fully saturated rings. The number of nitrogens with one attached hydrogen (secondary N) is 1. The van der Waals surface area contributed by atoms with Crippen molar-refractivity contribution < 1.29 is 36.2 Å². The van der Waals surface area contributed by atoms with E-state index in [-0.39, 0.29) is 22.1 Å². The van der Waals surface area contributed by atoms with Crippen LogP contribution in [0.5, 0.6) is 11.5 Å². The van der Waals surface area contributed by atoms with E-state index in [2.05, 4.69) is 4.72 Å². The molecule has 0 amide bonds. The average molecular weight is 442 g/mol. The minimum Gasteiger partial charge on any atom is -0.495 e. The van der Waals surface area contributed by atoms with Crippen LogP contribution in [0, 0.1) is 0 Å². The molecule has 10 nitrogen and oxygen atoms in total. The van der Waals surface area contributed by atoms with Crippen molar-refractivity contribution in [2.45, 2.75) is 9.79 Å². The van der Waals surface area contributed by atoms with E-state index in [1.165, 1.54) is 50.6 Å². The lowest BCUT2D eigenvalue weighted by molar-refractivity contribution is -0.131. The Bertz CT molecular complexity index is 1170. The summed E-state index contributed by atoms with van der Waals surface area (Å²) in [6.07, 6.45) is 2.07. The summed E-state index contributed by atoms with van der Waals surface area (Å²) in [5.41, 5.74) is 0.219. The number of sulfonamides is 2. The van der Waals surface area contributed by atoms with Crippen LogP contribution in [0.3, 0.4) is 0 Å². The molecule has 0 aliphatic heterocycles. The van der Waals surface area contributed by atoms with Crippen LogP contribution in [0.2, 0.25) is 0 Å². The lowest BCUT2D eigenvalue weighted by atomic mass is 10.2. The molecule has 4 N–H and O–H groups in total. The summed E-state index contributed by atoms with van der Waals surface area (Å²) in [7, 11) is -5.89. The Hall–Kier alpha value is -3.09. The highest BCUT2D eigenvalue weighted by Crippen LogP contribution is 2.30. The van der Waals surface area contributed by atoms with E-state index in [4.69, 9.17) is 19.7 Å². The fourth-order valence-electron chi connectivity index (χ4n) is 2.35. The quantitative estimate of drug-likeness (QED) is 0.514. The number of carboxylic acids is 1. The van der Waals surface area contributed by atoms with Gasteiger partial charge in [-0.2, -0.15) is 0 Å². The van der Waals surface area contributed by atoms with Crippen LogP contribution in [-0.2, 0) is 24.8 Å². The highest BCUT2D eigenvalue weighted by atomic mass is 32.2. The van der Waals surface area contributed by atoms with Crippen molar-refractivity contribution >= 4 is 37.8 Å². The first kappa shape index (κ1) is 22.2. The molecular weight excluding hydrogens is 424 g/mol. The van der Waals surface area contributed by atoms with E-state index in [0.29, 0.717) is 5.56 Å². The summed E-state index contributed by atoms with van der Waals surface area (Å²) in [6.45, 7) is 0. The number of anilines is 1. The molecule has 2 aromatic carbocycles. The van der Waals surface area contributed by atoms with Crippen LogP contribution in [0.15, 0.2) is 52.3 Å². The minimum absolute atomic E-state index is 0.00477. The first-order chi connectivity index (χ1) is 13.5. The van der Waals surface area contributed by atoms with Crippen LogP contribution in [0.25, 0.3) is 6.08 Å². The number of hydrogen-bond acceptors (Lipinski definition) is 7. The molecule has 0 radical (unpaired) electrons. The van der Waals surface area contributed by atoms with Gasteiger partial charge in [-0.25, -0.2) is 26.8 Å². The van der Waals surface area contributed by atoms with Crippen molar-refractivity contribution in [3.63, 3.8) is 0 Å². The Morgan fingerprint density at radius 3 is 2.14 bits per heavy atom. The van der Waals surface area contributed by atoms with Gasteiger partial charge in [0.15, 0.2) is 0 Å². The van der Waals surface area contributed by atoms with E-state index >= 15 is 0 Å². The summed E-state index contributed by atoms with van der Waals surface area (Å²) in [6, 6.07) is 7.62. The number of carboxylic acid groups (broad SMARTS) is 1. The predicted octanol–water partition coefficient (Wildman–Crippen LogP) is 1.25. The number of primary sulfonamides is 1. The lowest BCUT2D eigenvalue weighted by Crippen LogP contribution is -2.17. The van der Waals surface area contributed by atoms with E-state index in [9.17, 15) is 21.6 Å². The maximum atomic E-state index is 12.8. The third kappa shape index (κ3) is 5.47. The molecule has 29 heavy (non-hydrogen) atoms. The van der Waals surface area contributed by atoms with Crippen LogP contribution in [0.4, 0.5) is 5.69 Å². The number of aliphatic carboxylic acids is 1. The molecule has 0 unspecified atom stereocenters. The number of rotatable bonds is 8. The summed E-state index contributed by atoms with van der Waals surface area (Å²) in [4.78, 5) is 10.00. The van der Waals surface area contributed by atoms with Crippen LogP contribution < -0.4 is 19.3 Å². The highest BCUT2D eigenvalue weighted by Gasteiger charge is 2.22. The third-order valence-corrected chi connectivity index (χ3v) is 5.95. The zero-order valence-corrected chi connectivity index (χ0v) is 17.0. The minimum atomic E-state index is -4.23. The summed E-state index contributed by atoms with van der Waals surface area (Å²) < 4.78 is 61.4. The summed E-state index contributed by atoms with van der Waals surface area (Å²) in [5, 5.41) is 13.9. The summed E-state index contributed by atoms with van der Waals surface area (Å²) >= 11 is 0. The zero-order chi connectivity index (χ0) is 21.8. The van der Waals surface area contributed by atoms with Gasteiger partial charge in [0.2, 0.25) is 10.0 Å². The molecule has 0 atom stereocenters. The Balaban J connectivity index is 2.51. The standard InChI is InChI=1S/C17H18N2O8S2/c1-26-13-7-5-12(10-15(13)28(18,22)23)19-29(24,25)16-9-11(4-8-17(20)21)3-6-14(16)27-2/h3-10,19H,1-2H3,(H,20,21)(H2,18,22,23). The molecule has 0 aliphatic carbocycles. The van der Waals surface area contributed by atoms with Gasteiger partial charge in [-0.3, -0.25) is 4.72 Å². The van der Waals surface area contributed by atoms with E-state index < -0.39 is 30.9 Å². The Morgan fingerprint density at radius 1 is 1.00 bits per heavy atom. The molecule has 0 heterocycles. The Morgan fingerprint density at radius 2 is 1.59 bits per heavy atom. The van der Waals surface area contributed by atoms with Gasteiger partial charge in [0.05, 0.1) is 19.9 Å². The van der Waals surface area contributed by atoms with Crippen molar-refractivity contribution in [1.29, 1.82) is 0 Å². The van der Waals surface area contributed by atoms with Gasteiger partial charge in [0.25, 0.3) is 10.0 Å². The van der Waals surface area contributed by atoms with Gasteiger partial charge >= 0.3 is 5.97 Å². The van der Waals surface area contributed by atoms with Gasteiger partial charge in [-0.05, 0) is 42.0 Å². The largest absolute Gasteiger partial charge is 0.495 e. The molecule has 0 saturated heterocycles. The molecular formula is C17H18N2O8S2. The molecule has 2 rings (SSSR count). The van der Waals surface area contributed by atoms with E-state index in [0.717, 1.165) is 12.1 Å². The average Bonchev–Trinajstić information content (AvgIpc) is 2.65. The second-order valence-corrected chi connectivity index (χ2v) is 8.78. The number of methoxy groups -OCH3 is 2. The first-order valence-corrected chi connectivity index (χ1v) is 10.8. The number of carbonyl (C=O) groups is 1. The molecule has 0 aliphatic rings. The Kier molecular flexibility index (Phi) is 6.51. The number of nitrogens with two attached hydrogens (primary N) is 1. The van der Waals surface area contributed by atoms with Gasteiger partial charge < -0.3 is 14.6 Å².